The van der Waals surface area contributed by atoms with E-state index in [9.17, 15) is 0 Å². The van der Waals surface area contributed by atoms with Crippen LogP contribution in [-0.4, -0.2) is 13.2 Å². The van der Waals surface area contributed by atoms with Crippen LogP contribution in [-0.2, 0) is 4.74 Å². The lowest BCUT2D eigenvalue weighted by molar-refractivity contribution is 0.194. The normalized spacial score (nSPS) is 25.8. The number of halogens is 1. The lowest BCUT2D eigenvalue weighted by Crippen LogP contribution is -1.98. The summed E-state index contributed by atoms with van der Waals surface area (Å²) in [5.74, 6) is 1.46. The minimum atomic E-state index is 0.625. The summed E-state index contributed by atoms with van der Waals surface area (Å²) in [6.07, 6.45) is 3.93. The predicted molar refractivity (Wildman–Crippen MR) is 64.3 cm³/mol. The van der Waals surface area contributed by atoms with Gasteiger partial charge in [-0.3, -0.25) is 0 Å². The van der Waals surface area contributed by atoms with Crippen molar-refractivity contribution in [3.63, 3.8) is 0 Å². The van der Waals surface area contributed by atoms with E-state index in [1.807, 2.05) is 0 Å². The SMILES string of the molecule is Brc1cc(C2CC2)cc(C2CCOC2)c1. The molecular formula is C13H15BrO. The Morgan fingerprint density at radius 3 is 2.33 bits per heavy atom. The molecule has 1 saturated heterocycles. The van der Waals surface area contributed by atoms with Crippen LogP contribution in [0.4, 0.5) is 0 Å². The Bertz CT molecular complexity index is 365. The van der Waals surface area contributed by atoms with Gasteiger partial charge in [0.2, 0.25) is 0 Å². The van der Waals surface area contributed by atoms with Crippen molar-refractivity contribution >= 4 is 15.9 Å². The zero-order valence-electron chi connectivity index (χ0n) is 8.71. The minimum absolute atomic E-state index is 0.625. The second kappa shape index (κ2) is 3.91. The van der Waals surface area contributed by atoms with E-state index in [1.54, 1.807) is 0 Å². The molecule has 1 saturated carbocycles. The van der Waals surface area contributed by atoms with E-state index in [0.717, 1.165) is 19.1 Å². The van der Waals surface area contributed by atoms with Gasteiger partial charge >= 0.3 is 0 Å². The number of hydrogen-bond donors (Lipinski definition) is 0. The number of hydrogen-bond acceptors (Lipinski definition) is 1. The number of benzene rings is 1. The van der Waals surface area contributed by atoms with Crippen LogP contribution < -0.4 is 0 Å². The maximum absolute atomic E-state index is 5.45. The van der Waals surface area contributed by atoms with Gasteiger partial charge in [-0.1, -0.05) is 22.0 Å². The van der Waals surface area contributed by atoms with Crippen molar-refractivity contribution in [1.29, 1.82) is 0 Å². The molecule has 1 atom stereocenters. The lowest BCUT2D eigenvalue weighted by atomic mass is 9.95. The third-order valence-electron chi connectivity index (χ3n) is 3.39. The fourth-order valence-corrected chi connectivity index (χ4v) is 2.85. The monoisotopic (exact) mass is 266 g/mol. The van der Waals surface area contributed by atoms with Gasteiger partial charge in [0, 0.05) is 17.0 Å². The second-order valence-corrected chi connectivity index (χ2v) is 5.57. The van der Waals surface area contributed by atoms with Crippen LogP contribution in [0.15, 0.2) is 22.7 Å². The smallest absolute Gasteiger partial charge is 0.0535 e. The second-order valence-electron chi connectivity index (χ2n) is 4.65. The molecular weight excluding hydrogens is 252 g/mol. The van der Waals surface area contributed by atoms with Crippen molar-refractivity contribution in [1.82, 2.24) is 0 Å². The van der Waals surface area contributed by atoms with Gasteiger partial charge in [-0.2, -0.15) is 0 Å². The van der Waals surface area contributed by atoms with E-state index >= 15 is 0 Å². The van der Waals surface area contributed by atoms with E-state index in [1.165, 1.54) is 34.9 Å². The Morgan fingerprint density at radius 2 is 1.73 bits per heavy atom. The topological polar surface area (TPSA) is 9.23 Å². The molecule has 1 aromatic carbocycles. The molecule has 0 bridgehead atoms. The molecule has 1 unspecified atom stereocenters. The lowest BCUT2D eigenvalue weighted by Gasteiger charge is -2.11. The van der Waals surface area contributed by atoms with Gasteiger partial charge in [0.05, 0.1) is 6.61 Å². The first-order valence-corrected chi connectivity index (χ1v) is 6.50. The van der Waals surface area contributed by atoms with Gasteiger partial charge in [0.1, 0.15) is 0 Å². The minimum Gasteiger partial charge on any atom is -0.381 e. The Labute approximate surface area is 99.0 Å². The van der Waals surface area contributed by atoms with Gasteiger partial charge in [0.15, 0.2) is 0 Å². The molecule has 3 rings (SSSR count). The molecule has 80 valence electrons. The summed E-state index contributed by atoms with van der Waals surface area (Å²) in [5, 5.41) is 0. The van der Waals surface area contributed by atoms with Crippen LogP contribution >= 0.6 is 15.9 Å². The highest BCUT2D eigenvalue weighted by atomic mass is 79.9. The molecule has 0 aromatic heterocycles. The summed E-state index contributed by atoms with van der Waals surface area (Å²) in [6.45, 7) is 1.83. The summed E-state index contributed by atoms with van der Waals surface area (Å²) in [6, 6.07) is 6.92. The van der Waals surface area contributed by atoms with Crippen molar-refractivity contribution in [2.45, 2.75) is 31.1 Å². The molecule has 0 N–H and O–H groups in total. The van der Waals surface area contributed by atoms with Crippen LogP contribution in [0.3, 0.4) is 0 Å². The standard InChI is InChI=1S/C13H15BrO/c14-13-6-11(9-1-2-9)5-12(7-13)10-3-4-15-8-10/h5-7,9-10H,1-4,8H2. The van der Waals surface area contributed by atoms with Gasteiger partial charge in [0.25, 0.3) is 0 Å². The summed E-state index contributed by atoms with van der Waals surface area (Å²) in [7, 11) is 0. The molecule has 0 amide bonds. The molecule has 2 heteroatoms. The highest BCUT2D eigenvalue weighted by molar-refractivity contribution is 9.10. The summed E-state index contributed by atoms with van der Waals surface area (Å²) < 4.78 is 6.68. The Hall–Kier alpha value is -0.340. The van der Waals surface area contributed by atoms with Gasteiger partial charge in [-0.05, 0) is 48.4 Å². The van der Waals surface area contributed by atoms with Gasteiger partial charge < -0.3 is 4.74 Å². The number of rotatable bonds is 2. The molecule has 1 aromatic rings. The average molecular weight is 267 g/mol. The molecule has 1 aliphatic heterocycles. The third-order valence-corrected chi connectivity index (χ3v) is 3.85. The molecule has 1 aliphatic carbocycles. The van der Waals surface area contributed by atoms with Crippen LogP contribution in [0, 0.1) is 0 Å². The number of ether oxygens (including phenoxy) is 1. The Balaban J connectivity index is 1.91. The van der Waals surface area contributed by atoms with E-state index < -0.39 is 0 Å². The molecule has 0 radical (unpaired) electrons. The first kappa shape index (κ1) is 9.86. The molecule has 2 aliphatic rings. The largest absolute Gasteiger partial charge is 0.381 e. The van der Waals surface area contributed by atoms with Gasteiger partial charge in [-0.15, -0.1) is 0 Å². The molecule has 1 nitrogen and oxygen atoms in total. The van der Waals surface area contributed by atoms with E-state index in [4.69, 9.17) is 4.74 Å². The van der Waals surface area contributed by atoms with Crippen molar-refractivity contribution in [2.24, 2.45) is 0 Å². The quantitative estimate of drug-likeness (QED) is 0.791. The van der Waals surface area contributed by atoms with Crippen molar-refractivity contribution in [2.75, 3.05) is 13.2 Å². The average Bonchev–Trinajstić information content (AvgIpc) is 2.93. The van der Waals surface area contributed by atoms with Crippen molar-refractivity contribution in [3.05, 3.63) is 33.8 Å². The first-order valence-electron chi connectivity index (χ1n) is 5.71. The van der Waals surface area contributed by atoms with E-state index in [0.29, 0.717) is 5.92 Å². The fraction of sp³-hybridized carbons (Fsp3) is 0.538. The zero-order valence-corrected chi connectivity index (χ0v) is 10.3. The fourth-order valence-electron chi connectivity index (χ4n) is 2.32. The molecule has 1 heterocycles. The van der Waals surface area contributed by atoms with E-state index in [2.05, 4.69) is 34.1 Å². The maximum Gasteiger partial charge on any atom is 0.0535 e. The third kappa shape index (κ3) is 2.11. The Morgan fingerprint density at radius 1 is 1.00 bits per heavy atom. The van der Waals surface area contributed by atoms with Gasteiger partial charge in [-0.25, -0.2) is 0 Å². The van der Waals surface area contributed by atoms with E-state index in [-0.39, 0.29) is 0 Å². The summed E-state index contributed by atoms with van der Waals surface area (Å²) in [5.41, 5.74) is 2.98. The zero-order chi connectivity index (χ0) is 10.3. The predicted octanol–water partition coefficient (Wildman–Crippen LogP) is 3.83. The first-order chi connectivity index (χ1) is 7.33. The molecule has 0 spiro atoms. The highest BCUT2D eigenvalue weighted by Crippen LogP contribution is 2.42. The van der Waals surface area contributed by atoms with Crippen LogP contribution in [0.1, 0.15) is 42.2 Å². The molecule has 15 heavy (non-hydrogen) atoms. The highest BCUT2D eigenvalue weighted by Gasteiger charge is 2.25. The Kier molecular flexibility index (Phi) is 2.57. The van der Waals surface area contributed by atoms with Crippen LogP contribution in [0.5, 0.6) is 0 Å². The summed E-state index contributed by atoms with van der Waals surface area (Å²) >= 11 is 3.62. The van der Waals surface area contributed by atoms with Crippen LogP contribution in [0.25, 0.3) is 0 Å². The van der Waals surface area contributed by atoms with Crippen LogP contribution in [0.2, 0.25) is 0 Å². The van der Waals surface area contributed by atoms with Crippen molar-refractivity contribution < 1.29 is 4.74 Å². The summed E-state index contributed by atoms with van der Waals surface area (Å²) in [4.78, 5) is 0. The maximum atomic E-state index is 5.45. The molecule has 2 fully saturated rings. The van der Waals surface area contributed by atoms with Crippen molar-refractivity contribution in [3.8, 4) is 0 Å².